The average molecular weight is 267 g/mol. The standard InChI is InChI=1S/C14H19Br/c1-11-6-12(2)8-13(7-11)9-14(10-15)4-3-5-14/h6-8H,3-5,9-10H2,1-2H3. The molecule has 0 radical (unpaired) electrons. The minimum Gasteiger partial charge on any atom is -0.0922 e. The van der Waals surface area contributed by atoms with Crippen LogP contribution in [0.15, 0.2) is 18.2 Å². The fraction of sp³-hybridized carbons (Fsp3) is 0.571. The molecule has 1 aromatic carbocycles. The fourth-order valence-corrected chi connectivity index (χ4v) is 3.40. The Morgan fingerprint density at radius 2 is 1.73 bits per heavy atom. The quantitative estimate of drug-likeness (QED) is 0.711. The van der Waals surface area contributed by atoms with E-state index < -0.39 is 0 Å². The van der Waals surface area contributed by atoms with Gasteiger partial charge >= 0.3 is 0 Å². The predicted octanol–water partition coefficient (Wildman–Crippen LogP) is 4.41. The van der Waals surface area contributed by atoms with Crippen LogP contribution in [0.2, 0.25) is 0 Å². The second-order valence-corrected chi connectivity index (χ2v) is 5.72. The number of hydrogen-bond donors (Lipinski definition) is 0. The van der Waals surface area contributed by atoms with Gasteiger partial charge in [-0.2, -0.15) is 0 Å². The molecule has 2 rings (SSSR count). The van der Waals surface area contributed by atoms with Gasteiger partial charge in [0, 0.05) is 5.33 Å². The van der Waals surface area contributed by atoms with Gasteiger partial charge in [-0.3, -0.25) is 0 Å². The van der Waals surface area contributed by atoms with Gasteiger partial charge in [0.15, 0.2) is 0 Å². The van der Waals surface area contributed by atoms with Crippen LogP contribution in [0, 0.1) is 19.3 Å². The summed E-state index contributed by atoms with van der Waals surface area (Å²) < 4.78 is 0. The second kappa shape index (κ2) is 4.29. The van der Waals surface area contributed by atoms with E-state index in [-0.39, 0.29) is 0 Å². The first-order valence-corrected chi connectivity index (χ1v) is 6.89. The Morgan fingerprint density at radius 1 is 1.13 bits per heavy atom. The van der Waals surface area contributed by atoms with Crippen molar-refractivity contribution >= 4 is 15.9 Å². The van der Waals surface area contributed by atoms with Gasteiger partial charge in [-0.1, -0.05) is 51.7 Å². The molecule has 0 bridgehead atoms. The number of halogens is 1. The number of rotatable bonds is 3. The lowest BCUT2D eigenvalue weighted by Crippen LogP contribution is -2.33. The lowest BCUT2D eigenvalue weighted by atomic mass is 9.67. The monoisotopic (exact) mass is 266 g/mol. The van der Waals surface area contributed by atoms with Crippen molar-refractivity contribution in [3.8, 4) is 0 Å². The van der Waals surface area contributed by atoms with E-state index in [1.165, 1.54) is 42.4 Å². The van der Waals surface area contributed by atoms with Crippen molar-refractivity contribution < 1.29 is 0 Å². The largest absolute Gasteiger partial charge is 0.0922 e. The van der Waals surface area contributed by atoms with Gasteiger partial charge in [-0.25, -0.2) is 0 Å². The highest BCUT2D eigenvalue weighted by atomic mass is 79.9. The molecular weight excluding hydrogens is 248 g/mol. The van der Waals surface area contributed by atoms with Crippen LogP contribution in [0.25, 0.3) is 0 Å². The van der Waals surface area contributed by atoms with Crippen LogP contribution in [-0.4, -0.2) is 5.33 Å². The molecule has 1 fully saturated rings. The third-order valence-corrected chi connectivity index (χ3v) is 4.75. The number of aryl methyl sites for hydroxylation is 2. The van der Waals surface area contributed by atoms with Crippen molar-refractivity contribution in [2.24, 2.45) is 5.41 Å². The number of benzene rings is 1. The van der Waals surface area contributed by atoms with Crippen molar-refractivity contribution in [2.45, 2.75) is 39.5 Å². The molecule has 0 aromatic heterocycles. The summed E-state index contributed by atoms with van der Waals surface area (Å²) in [6, 6.07) is 6.94. The van der Waals surface area contributed by atoms with Crippen molar-refractivity contribution in [1.29, 1.82) is 0 Å². The summed E-state index contributed by atoms with van der Waals surface area (Å²) in [5.41, 5.74) is 4.88. The Bertz CT molecular complexity index is 325. The Balaban J connectivity index is 2.16. The van der Waals surface area contributed by atoms with E-state index in [0.29, 0.717) is 5.41 Å². The van der Waals surface area contributed by atoms with Gasteiger partial charge in [-0.15, -0.1) is 0 Å². The first-order chi connectivity index (χ1) is 7.13. The average Bonchev–Trinajstić information content (AvgIpc) is 2.10. The molecule has 0 spiro atoms. The maximum absolute atomic E-state index is 3.68. The fourth-order valence-electron chi connectivity index (χ4n) is 2.64. The highest BCUT2D eigenvalue weighted by Crippen LogP contribution is 2.45. The van der Waals surface area contributed by atoms with E-state index >= 15 is 0 Å². The van der Waals surface area contributed by atoms with Crippen LogP contribution in [0.3, 0.4) is 0 Å². The van der Waals surface area contributed by atoms with Crippen LogP contribution in [0.5, 0.6) is 0 Å². The van der Waals surface area contributed by atoms with Gasteiger partial charge < -0.3 is 0 Å². The smallest absolute Gasteiger partial charge is 0.00911 e. The summed E-state index contributed by atoms with van der Waals surface area (Å²) in [4.78, 5) is 0. The molecule has 82 valence electrons. The van der Waals surface area contributed by atoms with E-state index in [2.05, 4.69) is 48.0 Å². The molecular formula is C14H19Br. The summed E-state index contributed by atoms with van der Waals surface area (Å²) in [6.07, 6.45) is 5.45. The predicted molar refractivity (Wildman–Crippen MR) is 69.7 cm³/mol. The molecule has 1 heteroatoms. The summed E-state index contributed by atoms with van der Waals surface area (Å²) in [6.45, 7) is 4.39. The second-order valence-electron chi connectivity index (χ2n) is 5.16. The summed E-state index contributed by atoms with van der Waals surface area (Å²) in [7, 11) is 0. The Morgan fingerprint density at radius 3 is 2.13 bits per heavy atom. The minimum absolute atomic E-state index is 0.570. The van der Waals surface area contributed by atoms with Crippen molar-refractivity contribution in [3.63, 3.8) is 0 Å². The molecule has 0 heterocycles. The van der Waals surface area contributed by atoms with Gasteiger partial charge in [-0.05, 0) is 44.1 Å². The molecule has 0 amide bonds. The Labute approximate surface area is 101 Å². The van der Waals surface area contributed by atoms with Crippen molar-refractivity contribution in [1.82, 2.24) is 0 Å². The van der Waals surface area contributed by atoms with E-state index in [4.69, 9.17) is 0 Å². The summed E-state index contributed by atoms with van der Waals surface area (Å²) >= 11 is 3.68. The van der Waals surface area contributed by atoms with Gasteiger partial charge in [0.1, 0.15) is 0 Å². The third-order valence-electron chi connectivity index (χ3n) is 3.56. The Hall–Kier alpha value is -0.300. The Kier molecular flexibility index (Phi) is 3.20. The lowest BCUT2D eigenvalue weighted by Gasteiger charge is -2.41. The van der Waals surface area contributed by atoms with Crippen LogP contribution in [-0.2, 0) is 6.42 Å². The summed E-state index contributed by atoms with van der Waals surface area (Å²) in [5, 5.41) is 1.16. The highest BCUT2D eigenvalue weighted by Gasteiger charge is 2.35. The highest BCUT2D eigenvalue weighted by molar-refractivity contribution is 9.09. The van der Waals surface area contributed by atoms with E-state index in [9.17, 15) is 0 Å². The zero-order chi connectivity index (χ0) is 10.9. The van der Waals surface area contributed by atoms with Crippen LogP contribution in [0.4, 0.5) is 0 Å². The molecule has 1 aliphatic carbocycles. The summed E-state index contributed by atoms with van der Waals surface area (Å²) in [5.74, 6) is 0. The molecule has 1 saturated carbocycles. The molecule has 0 saturated heterocycles. The maximum Gasteiger partial charge on any atom is 0.00911 e. The topological polar surface area (TPSA) is 0 Å². The molecule has 1 aliphatic rings. The third kappa shape index (κ3) is 2.44. The zero-order valence-electron chi connectivity index (χ0n) is 9.65. The van der Waals surface area contributed by atoms with Crippen LogP contribution >= 0.6 is 15.9 Å². The first kappa shape index (κ1) is 11.2. The minimum atomic E-state index is 0.570. The maximum atomic E-state index is 3.68. The van der Waals surface area contributed by atoms with Gasteiger partial charge in [0.05, 0.1) is 0 Å². The molecule has 15 heavy (non-hydrogen) atoms. The zero-order valence-corrected chi connectivity index (χ0v) is 11.2. The lowest BCUT2D eigenvalue weighted by molar-refractivity contribution is 0.170. The molecule has 0 unspecified atom stereocenters. The van der Waals surface area contributed by atoms with E-state index in [0.717, 1.165) is 5.33 Å². The van der Waals surface area contributed by atoms with Crippen LogP contribution < -0.4 is 0 Å². The molecule has 0 aliphatic heterocycles. The van der Waals surface area contributed by atoms with Crippen LogP contribution in [0.1, 0.15) is 36.0 Å². The molecule has 0 N–H and O–H groups in total. The van der Waals surface area contributed by atoms with Crippen molar-refractivity contribution in [2.75, 3.05) is 5.33 Å². The SMILES string of the molecule is Cc1cc(C)cc(CC2(CBr)CCC2)c1. The molecule has 0 atom stereocenters. The van der Waals surface area contributed by atoms with Gasteiger partial charge in [0.2, 0.25) is 0 Å². The number of alkyl halides is 1. The molecule has 0 nitrogen and oxygen atoms in total. The molecule has 1 aromatic rings. The number of hydrogen-bond acceptors (Lipinski definition) is 0. The normalized spacial score (nSPS) is 18.6. The first-order valence-electron chi connectivity index (χ1n) is 5.77. The van der Waals surface area contributed by atoms with Gasteiger partial charge in [0.25, 0.3) is 0 Å². The van der Waals surface area contributed by atoms with E-state index in [1.54, 1.807) is 0 Å². The van der Waals surface area contributed by atoms with E-state index in [1.807, 2.05) is 0 Å². The van der Waals surface area contributed by atoms with Crippen molar-refractivity contribution in [3.05, 3.63) is 34.9 Å².